The Kier molecular flexibility index (Phi) is 10.9. The largest absolute Gasteiger partial charge is 0.494 e. The van der Waals surface area contributed by atoms with E-state index in [2.05, 4.69) is 15.6 Å². The number of aryl methyl sites for hydroxylation is 1. The van der Waals surface area contributed by atoms with Crippen LogP contribution in [-0.4, -0.2) is 54.2 Å². The van der Waals surface area contributed by atoms with Gasteiger partial charge in [-0.05, 0) is 79.1 Å². The van der Waals surface area contributed by atoms with E-state index >= 15 is 0 Å². The van der Waals surface area contributed by atoms with Gasteiger partial charge in [-0.25, -0.2) is 0 Å². The smallest absolute Gasteiger partial charge is 0.268 e. The van der Waals surface area contributed by atoms with Gasteiger partial charge in [-0.1, -0.05) is 38.1 Å². The van der Waals surface area contributed by atoms with E-state index in [9.17, 15) is 19.2 Å². The second-order valence-electron chi connectivity index (χ2n) is 11.0. The molecule has 2 atom stereocenters. The predicted molar refractivity (Wildman–Crippen MR) is 159 cm³/mol. The van der Waals surface area contributed by atoms with E-state index in [0.29, 0.717) is 37.5 Å². The first-order chi connectivity index (χ1) is 20.3. The van der Waals surface area contributed by atoms with Crippen molar-refractivity contribution in [2.45, 2.75) is 64.5 Å². The normalized spacial score (nSPS) is 17.5. The van der Waals surface area contributed by atoms with Crippen molar-refractivity contribution in [1.29, 1.82) is 0 Å². The van der Waals surface area contributed by atoms with E-state index in [1.54, 1.807) is 6.07 Å². The maximum atomic E-state index is 13.3. The summed E-state index contributed by atoms with van der Waals surface area (Å²) < 4.78 is 11.7. The number of aromatic amines is 1. The molecule has 0 saturated carbocycles. The summed E-state index contributed by atoms with van der Waals surface area (Å²) in [5.74, 6) is 0.583. The lowest BCUT2D eigenvalue weighted by Crippen LogP contribution is -2.51. The van der Waals surface area contributed by atoms with Crippen LogP contribution < -0.4 is 20.1 Å². The van der Waals surface area contributed by atoms with E-state index in [-0.39, 0.29) is 30.2 Å². The number of carbonyl (C=O) groups is 4. The highest BCUT2D eigenvalue weighted by atomic mass is 16.5. The van der Waals surface area contributed by atoms with Gasteiger partial charge in [0, 0.05) is 12.8 Å². The van der Waals surface area contributed by atoms with Gasteiger partial charge in [-0.2, -0.15) is 0 Å². The molecule has 0 radical (unpaired) electrons. The van der Waals surface area contributed by atoms with E-state index in [0.717, 1.165) is 36.0 Å². The van der Waals surface area contributed by atoms with Crippen molar-refractivity contribution in [3.05, 3.63) is 83.2 Å². The zero-order valence-corrected chi connectivity index (χ0v) is 24.2. The highest BCUT2D eigenvalue weighted by molar-refractivity contribution is 6.00. The van der Waals surface area contributed by atoms with Gasteiger partial charge in [-0.3, -0.25) is 14.4 Å². The van der Waals surface area contributed by atoms with Gasteiger partial charge in [0.25, 0.3) is 5.91 Å². The fourth-order valence-corrected chi connectivity index (χ4v) is 4.76. The van der Waals surface area contributed by atoms with Crippen molar-refractivity contribution in [1.82, 2.24) is 15.6 Å². The molecule has 4 aliphatic rings. The molecular formula is C33H39N3O6. The molecule has 3 N–H and O–H groups in total. The Bertz CT molecular complexity index is 1350. The Labute approximate surface area is 246 Å². The van der Waals surface area contributed by atoms with Crippen LogP contribution in [0, 0.1) is 5.92 Å². The molecule has 0 unspecified atom stereocenters. The molecular weight excluding hydrogens is 534 g/mol. The highest BCUT2D eigenvalue weighted by Gasteiger charge is 2.25. The second-order valence-corrected chi connectivity index (χ2v) is 11.0. The number of carbonyl (C=O) groups excluding carboxylic acids is 4. The van der Waals surface area contributed by atoms with Gasteiger partial charge in [0.05, 0.1) is 24.9 Å². The van der Waals surface area contributed by atoms with Gasteiger partial charge < -0.3 is 29.9 Å². The van der Waals surface area contributed by atoms with Crippen molar-refractivity contribution in [2.75, 3.05) is 13.2 Å². The van der Waals surface area contributed by atoms with E-state index in [1.807, 2.05) is 62.4 Å². The Morgan fingerprint density at radius 3 is 2.07 bits per heavy atom. The maximum absolute atomic E-state index is 13.3. The molecule has 0 fully saturated rings. The monoisotopic (exact) mass is 573 g/mol. The number of hydrogen-bond donors (Lipinski definition) is 3. The Balaban J connectivity index is 1.54. The molecule has 7 rings (SSSR count). The van der Waals surface area contributed by atoms with E-state index in [4.69, 9.17) is 9.47 Å². The summed E-state index contributed by atoms with van der Waals surface area (Å²) in [6.07, 6.45) is 3.88. The standard InChI is InChI=1S/C33H39N3O6/c1-22(2)19-25(21-37)34-33(40)30-20-24-7-12-27(13-8-24)42-18-4-3-17-41-26-10-5-23(6-11-26)9-16-31(38)28-14-15-29(35-28)32(39)36-30/h5-8,10-15,21-22,25,30,35H,3-4,9,16-20H2,1-2H3,(H,34,40)(H,36,39)/t25-,30-/m0/s1. The molecule has 42 heavy (non-hydrogen) atoms. The summed E-state index contributed by atoms with van der Waals surface area (Å²) >= 11 is 0. The molecule has 2 amide bonds. The minimum Gasteiger partial charge on any atom is -0.494 e. The van der Waals surface area contributed by atoms with Crippen molar-refractivity contribution < 1.29 is 28.7 Å². The van der Waals surface area contributed by atoms with Crippen LogP contribution in [0.15, 0.2) is 60.7 Å². The summed E-state index contributed by atoms with van der Waals surface area (Å²) in [6.45, 7) is 5.05. The van der Waals surface area contributed by atoms with Gasteiger partial charge in [0.2, 0.25) is 5.91 Å². The van der Waals surface area contributed by atoms with Crippen LogP contribution >= 0.6 is 0 Å². The maximum Gasteiger partial charge on any atom is 0.268 e. The summed E-state index contributed by atoms with van der Waals surface area (Å²) in [6, 6.07) is 16.6. The first kappa shape index (κ1) is 30.6. The summed E-state index contributed by atoms with van der Waals surface area (Å²) in [5.41, 5.74) is 2.31. The molecule has 6 bridgehead atoms. The van der Waals surface area contributed by atoms with Crippen LogP contribution in [0.5, 0.6) is 11.5 Å². The number of hydrogen-bond acceptors (Lipinski definition) is 6. The molecule has 0 saturated heterocycles. The number of ketones is 1. The first-order valence-electron chi connectivity index (χ1n) is 14.5. The van der Waals surface area contributed by atoms with Gasteiger partial charge >= 0.3 is 0 Å². The molecule has 5 heterocycles. The lowest BCUT2D eigenvalue weighted by atomic mass is 10.0. The number of nitrogens with one attached hydrogen (secondary N) is 3. The Morgan fingerprint density at radius 1 is 0.881 bits per heavy atom. The number of Topliss-reactive ketones (excluding diaryl/α,β-unsaturated/α-hetero) is 1. The number of aromatic nitrogens is 1. The predicted octanol–water partition coefficient (Wildman–Crippen LogP) is 4.45. The third-order valence-electron chi connectivity index (χ3n) is 7.07. The van der Waals surface area contributed by atoms with Crippen molar-refractivity contribution in [3.8, 4) is 11.5 Å². The molecule has 0 spiro atoms. The Hall–Kier alpha value is -4.40. The minimum absolute atomic E-state index is 0.122. The minimum atomic E-state index is -0.949. The number of benzene rings is 2. The van der Waals surface area contributed by atoms with Crippen molar-refractivity contribution in [3.63, 3.8) is 0 Å². The average molecular weight is 574 g/mol. The first-order valence-corrected chi connectivity index (χ1v) is 14.5. The highest BCUT2D eigenvalue weighted by Crippen LogP contribution is 2.17. The zero-order valence-electron chi connectivity index (χ0n) is 24.2. The van der Waals surface area contributed by atoms with Crippen LogP contribution in [0.25, 0.3) is 0 Å². The quantitative estimate of drug-likeness (QED) is 0.387. The number of aldehydes is 1. The molecule has 222 valence electrons. The average Bonchev–Trinajstić information content (AvgIpc) is 3.48. The molecule has 2 aromatic carbocycles. The second kappa shape index (κ2) is 15.0. The number of H-pyrrole nitrogens is 1. The van der Waals surface area contributed by atoms with Crippen LogP contribution in [0.1, 0.15) is 71.6 Å². The lowest BCUT2D eigenvalue weighted by Gasteiger charge is -2.22. The molecule has 0 aliphatic carbocycles. The van der Waals surface area contributed by atoms with Crippen molar-refractivity contribution >= 4 is 23.9 Å². The fraction of sp³-hybridized carbons (Fsp3) is 0.394. The molecule has 4 aliphatic heterocycles. The third-order valence-corrected chi connectivity index (χ3v) is 7.07. The Morgan fingerprint density at radius 2 is 1.48 bits per heavy atom. The number of amides is 2. The number of ether oxygens (including phenoxy) is 2. The summed E-state index contributed by atoms with van der Waals surface area (Å²) in [4.78, 5) is 53.9. The molecule has 3 aromatic rings. The topological polar surface area (TPSA) is 127 Å². The fourth-order valence-electron chi connectivity index (χ4n) is 4.76. The molecule has 9 heteroatoms. The lowest BCUT2D eigenvalue weighted by molar-refractivity contribution is -0.125. The van der Waals surface area contributed by atoms with E-state index in [1.165, 1.54) is 6.07 Å². The van der Waals surface area contributed by atoms with Crippen LogP contribution in [0.4, 0.5) is 0 Å². The van der Waals surface area contributed by atoms with Crippen LogP contribution in [0.3, 0.4) is 0 Å². The number of rotatable bonds is 5. The summed E-state index contributed by atoms with van der Waals surface area (Å²) in [7, 11) is 0. The van der Waals surface area contributed by atoms with Crippen molar-refractivity contribution in [2.24, 2.45) is 5.92 Å². The van der Waals surface area contributed by atoms with Crippen LogP contribution in [0.2, 0.25) is 0 Å². The third kappa shape index (κ3) is 9.06. The molecule has 1 aromatic heterocycles. The van der Waals surface area contributed by atoms with Gasteiger partial charge in [-0.15, -0.1) is 0 Å². The zero-order chi connectivity index (χ0) is 29.9. The summed E-state index contributed by atoms with van der Waals surface area (Å²) in [5, 5.41) is 5.56. The van der Waals surface area contributed by atoms with Crippen LogP contribution in [-0.2, 0) is 22.4 Å². The van der Waals surface area contributed by atoms with E-state index < -0.39 is 23.9 Å². The van der Waals surface area contributed by atoms with Gasteiger partial charge in [0.15, 0.2) is 5.78 Å². The van der Waals surface area contributed by atoms with Gasteiger partial charge in [0.1, 0.15) is 29.5 Å². The molecule has 9 nitrogen and oxygen atoms in total. The SMILES string of the molecule is CC(C)C[C@@H](C=O)NC(=O)[C@@H]1Cc2ccc(cc2)OCCCCOc2ccc(cc2)CCC(=O)c2ccc([nH]2)C(=O)N1.